The molecule has 1 aliphatic rings. The van der Waals surface area contributed by atoms with Crippen molar-refractivity contribution in [3.8, 4) is 0 Å². The summed E-state index contributed by atoms with van der Waals surface area (Å²) in [5.74, 6) is -1.46. The Kier molecular flexibility index (Phi) is 4.56. The maximum Gasteiger partial charge on any atom is 0.570 e. The Labute approximate surface area is 151 Å². The van der Waals surface area contributed by atoms with Crippen LogP contribution in [0.25, 0.3) is 0 Å². The quantitative estimate of drug-likeness (QED) is 0.620. The van der Waals surface area contributed by atoms with Gasteiger partial charge in [-0.1, -0.05) is 48.5 Å². The smallest absolute Gasteiger partial charge is 0.570 e. The lowest BCUT2D eigenvalue weighted by atomic mass is 9.65. The monoisotopic (exact) mass is 358 g/mol. The third-order valence-corrected chi connectivity index (χ3v) is 4.67. The second kappa shape index (κ2) is 6.55. The van der Waals surface area contributed by atoms with Gasteiger partial charge in [0.05, 0.1) is 19.9 Å². The Morgan fingerprint density at radius 1 is 1.15 bits per heavy atom. The zero-order chi connectivity index (χ0) is 18.9. The number of hydrogen-bond acceptors (Lipinski definition) is 2. The summed E-state index contributed by atoms with van der Waals surface area (Å²) < 4.78 is 36.8. The zero-order valence-corrected chi connectivity index (χ0v) is 15.0. The van der Waals surface area contributed by atoms with Crippen molar-refractivity contribution < 1.29 is 22.6 Å². The SMILES string of the molecule is CN(C)/C=[N+]1/[B-](F)(c2ccccc2F)OC(=O)[C@]1(C)Cc1ccccc1. The van der Waals surface area contributed by atoms with Crippen molar-refractivity contribution in [1.29, 1.82) is 0 Å². The van der Waals surface area contributed by atoms with Crippen molar-refractivity contribution in [2.45, 2.75) is 18.9 Å². The van der Waals surface area contributed by atoms with Crippen molar-refractivity contribution in [2.75, 3.05) is 14.1 Å². The molecular formula is C19H21BF2N2O2. The van der Waals surface area contributed by atoms with E-state index in [4.69, 9.17) is 4.65 Å². The van der Waals surface area contributed by atoms with Crippen molar-refractivity contribution in [3.63, 3.8) is 0 Å². The molecule has 0 amide bonds. The van der Waals surface area contributed by atoms with E-state index in [1.54, 1.807) is 25.9 Å². The van der Waals surface area contributed by atoms with E-state index in [0.29, 0.717) is 0 Å². The third kappa shape index (κ3) is 2.98. The maximum atomic E-state index is 16.0. The lowest BCUT2D eigenvalue weighted by Crippen LogP contribution is -2.59. The van der Waals surface area contributed by atoms with Crippen LogP contribution < -0.4 is 5.46 Å². The molecule has 1 unspecified atom stereocenters. The first kappa shape index (κ1) is 18.1. The summed E-state index contributed by atoms with van der Waals surface area (Å²) in [4.78, 5) is 14.4. The standard InChI is InChI=1S/C19H21BF2N2O2/c1-19(13-15-9-5-4-6-10-15)18(25)26-20(22,24(19)14-23(2)3)16-11-7-8-12-17(16)21/h4-12,14H,13H2,1-3H3/b24-14+/t19-,20?/m0/s1. The molecule has 0 spiro atoms. The Morgan fingerprint density at radius 3 is 2.38 bits per heavy atom. The van der Waals surface area contributed by atoms with Gasteiger partial charge in [0.15, 0.2) is 11.9 Å². The topological polar surface area (TPSA) is 32.5 Å². The van der Waals surface area contributed by atoms with Crippen LogP contribution in [0.4, 0.5) is 8.71 Å². The predicted octanol–water partition coefficient (Wildman–Crippen LogP) is 2.10. The van der Waals surface area contributed by atoms with Gasteiger partial charge < -0.3 is 13.5 Å². The molecule has 7 heteroatoms. The van der Waals surface area contributed by atoms with Crippen molar-refractivity contribution in [1.82, 2.24) is 4.90 Å². The molecule has 4 nitrogen and oxygen atoms in total. The molecule has 1 fully saturated rings. The molecule has 2 atom stereocenters. The second-order valence-corrected chi connectivity index (χ2v) is 7.00. The molecule has 2 aromatic rings. The first-order valence-corrected chi connectivity index (χ1v) is 8.43. The van der Waals surface area contributed by atoms with Crippen LogP contribution in [0.2, 0.25) is 0 Å². The number of carbonyl (C=O) groups is 1. The molecule has 0 N–H and O–H groups in total. The van der Waals surface area contributed by atoms with E-state index in [0.717, 1.165) is 11.6 Å². The Balaban J connectivity index is 2.14. The van der Waals surface area contributed by atoms with Crippen LogP contribution in [0.15, 0.2) is 54.6 Å². The third-order valence-electron chi connectivity index (χ3n) is 4.67. The highest BCUT2D eigenvalue weighted by Crippen LogP contribution is 2.33. The number of hydrogen-bond donors (Lipinski definition) is 0. The number of rotatable bonds is 4. The number of nitrogens with zero attached hydrogens (tertiary/aromatic N) is 2. The summed E-state index contributed by atoms with van der Waals surface area (Å²) in [5, 5.41) is 0. The van der Waals surface area contributed by atoms with Crippen LogP contribution in [-0.2, 0) is 15.9 Å². The van der Waals surface area contributed by atoms with Crippen LogP contribution in [0.1, 0.15) is 12.5 Å². The van der Waals surface area contributed by atoms with Gasteiger partial charge in [-0.05, 0) is 24.0 Å². The minimum Gasteiger partial charge on any atom is -0.619 e. The van der Waals surface area contributed by atoms with E-state index in [1.165, 1.54) is 29.0 Å². The van der Waals surface area contributed by atoms with Gasteiger partial charge in [-0.2, -0.15) is 0 Å². The second-order valence-electron chi connectivity index (χ2n) is 7.00. The highest BCUT2D eigenvalue weighted by molar-refractivity contribution is 6.76. The molecule has 1 heterocycles. The van der Waals surface area contributed by atoms with Crippen LogP contribution in [0.5, 0.6) is 0 Å². The largest absolute Gasteiger partial charge is 0.619 e. The lowest BCUT2D eigenvalue weighted by Gasteiger charge is -2.31. The van der Waals surface area contributed by atoms with E-state index in [-0.39, 0.29) is 11.9 Å². The first-order valence-electron chi connectivity index (χ1n) is 8.43. The maximum absolute atomic E-state index is 16.0. The lowest BCUT2D eigenvalue weighted by molar-refractivity contribution is -0.474. The fourth-order valence-electron chi connectivity index (χ4n) is 3.39. The molecule has 2 aromatic carbocycles. The fraction of sp³-hybridized carbons (Fsp3) is 0.263. The summed E-state index contributed by atoms with van der Waals surface area (Å²) in [6, 6.07) is 14.8. The Bertz CT molecular complexity index is 860. The molecule has 0 aromatic heterocycles. The van der Waals surface area contributed by atoms with Crippen LogP contribution in [-0.4, -0.2) is 48.1 Å². The van der Waals surface area contributed by atoms with Gasteiger partial charge in [0.1, 0.15) is 0 Å². The molecule has 0 saturated carbocycles. The summed E-state index contributed by atoms with van der Waals surface area (Å²) >= 11 is 0. The van der Waals surface area contributed by atoms with Crippen LogP contribution in [0.3, 0.4) is 0 Å². The molecule has 0 aliphatic carbocycles. The predicted molar refractivity (Wildman–Crippen MR) is 97.6 cm³/mol. The fourth-order valence-corrected chi connectivity index (χ4v) is 3.39. The van der Waals surface area contributed by atoms with E-state index < -0.39 is 24.1 Å². The zero-order valence-electron chi connectivity index (χ0n) is 15.0. The van der Waals surface area contributed by atoms with Gasteiger partial charge in [0.25, 0.3) is 0 Å². The van der Waals surface area contributed by atoms with Gasteiger partial charge >= 0.3 is 12.7 Å². The number of carbonyl (C=O) groups excluding carboxylic acids is 1. The minimum atomic E-state index is -3.54. The summed E-state index contributed by atoms with van der Waals surface area (Å²) in [6.45, 7) is -1.92. The molecule has 1 aliphatic heterocycles. The summed E-state index contributed by atoms with van der Waals surface area (Å²) in [6.07, 6.45) is 1.69. The molecule has 0 bridgehead atoms. The Hall–Kier alpha value is -2.70. The van der Waals surface area contributed by atoms with Crippen molar-refractivity contribution in [2.24, 2.45) is 0 Å². The molecule has 3 rings (SSSR count). The van der Waals surface area contributed by atoms with Gasteiger partial charge in [-0.15, -0.1) is 0 Å². The van der Waals surface area contributed by atoms with Crippen LogP contribution >= 0.6 is 0 Å². The number of benzene rings is 2. The van der Waals surface area contributed by atoms with Gasteiger partial charge in [0.2, 0.25) is 0 Å². The summed E-state index contributed by atoms with van der Waals surface area (Å²) in [5.41, 5.74) is -0.712. The average Bonchev–Trinajstić information content (AvgIpc) is 2.77. The molecular weight excluding hydrogens is 337 g/mol. The molecule has 0 radical (unpaired) electrons. The highest BCUT2D eigenvalue weighted by Gasteiger charge is 2.60. The van der Waals surface area contributed by atoms with E-state index in [1.807, 2.05) is 30.3 Å². The first-order chi connectivity index (χ1) is 12.3. The minimum absolute atomic E-state index is 0.235. The van der Waals surface area contributed by atoms with E-state index >= 15 is 4.32 Å². The molecule has 136 valence electrons. The highest BCUT2D eigenvalue weighted by atomic mass is 19.1. The normalized spacial score (nSPS) is 26.8. The van der Waals surface area contributed by atoms with Crippen molar-refractivity contribution >= 4 is 24.5 Å². The van der Waals surface area contributed by atoms with Gasteiger partial charge in [0, 0.05) is 6.42 Å². The van der Waals surface area contributed by atoms with Gasteiger partial charge in [-0.25, -0.2) is 4.39 Å². The van der Waals surface area contributed by atoms with Crippen molar-refractivity contribution in [3.05, 3.63) is 66.0 Å². The van der Waals surface area contributed by atoms with E-state index in [9.17, 15) is 9.18 Å². The van der Waals surface area contributed by atoms with Crippen LogP contribution in [0, 0.1) is 5.82 Å². The summed E-state index contributed by atoms with van der Waals surface area (Å²) in [7, 11) is 3.42. The molecule has 26 heavy (non-hydrogen) atoms. The van der Waals surface area contributed by atoms with E-state index in [2.05, 4.69) is 0 Å². The number of halogens is 2. The average molecular weight is 358 g/mol. The Morgan fingerprint density at radius 2 is 1.77 bits per heavy atom. The molecule has 1 saturated heterocycles. The van der Waals surface area contributed by atoms with Gasteiger partial charge in [-0.3, -0.25) is 9.69 Å².